The van der Waals surface area contributed by atoms with Crippen molar-refractivity contribution in [2.45, 2.75) is 20.3 Å². The van der Waals surface area contributed by atoms with Crippen molar-refractivity contribution in [2.24, 2.45) is 5.92 Å². The predicted molar refractivity (Wildman–Crippen MR) is 63.5 cm³/mol. The van der Waals surface area contributed by atoms with Gasteiger partial charge in [0.25, 0.3) is 0 Å². The zero-order chi connectivity index (χ0) is 10.6. The van der Waals surface area contributed by atoms with Crippen LogP contribution in [0.5, 0.6) is 5.75 Å². The average Bonchev–Trinajstić information content (AvgIpc) is 2.10. The Morgan fingerprint density at radius 3 is 2.79 bits per heavy atom. The number of ether oxygens (including phenoxy) is 1. The fourth-order valence-electron chi connectivity index (χ4n) is 1.04. The molecule has 0 radical (unpaired) electrons. The molecule has 1 rings (SSSR count). The molecule has 0 aliphatic carbocycles. The van der Waals surface area contributed by atoms with Crippen LogP contribution in [0, 0.1) is 5.92 Å². The van der Waals surface area contributed by atoms with Crippen LogP contribution in [0.1, 0.15) is 20.3 Å². The number of rotatable bonds is 4. The molecule has 0 aromatic heterocycles. The van der Waals surface area contributed by atoms with Crippen molar-refractivity contribution in [3.63, 3.8) is 0 Å². The van der Waals surface area contributed by atoms with E-state index in [1.807, 2.05) is 18.2 Å². The van der Waals surface area contributed by atoms with Crippen LogP contribution in [0.15, 0.2) is 22.7 Å². The van der Waals surface area contributed by atoms with Crippen molar-refractivity contribution in [2.75, 3.05) is 12.3 Å². The van der Waals surface area contributed by atoms with Crippen LogP contribution >= 0.6 is 15.9 Å². The second kappa shape index (κ2) is 5.25. The fourth-order valence-corrected chi connectivity index (χ4v) is 1.40. The van der Waals surface area contributed by atoms with Crippen LogP contribution in [0.4, 0.5) is 5.69 Å². The Morgan fingerprint density at radius 1 is 1.43 bits per heavy atom. The molecule has 0 amide bonds. The summed E-state index contributed by atoms with van der Waals surface area (Å²) in [6.45, 7) is 5.09. The normalized spacial score (nSPS) is 10.6. The van der Waals surface area contributed by atoms with E-state index >= 15 is 0 Å². The summed E-state index contributed by atoms with van der Waals surface area (Å²) >= 11 is 3.42. The van der Waals surface area contributed by atoms with Gasteiger partial charge in [-0.3, -0.25) is 0 Å². The molecule has 0 heterocycles. The molecule has 2 nitrogen and oxygen atoms in total. The highest BCUT2D eigenvalue weighted by molar-refractivity contribution is 9.10. The Kier molecular flexibility index (Phi) is 4.26. The number of nitrogen functional groups attached to an aromatic ring is 1. The van der Waals surface area contributed by atoms with Crippen LogP contribution in [0.25, 0.3) is 0 Å². The van der Waals surface area contributed by atoms with E-state index in [1.54, 1.807) is 0 Å². The first-order valence-corrected chi connectivity index (χ1v) is 5.56. The highest BCUT2D eigenvalue weighted by Gasteiger charge is 2.01. The van der Waals surface area contributed by atoms with Crippen molar-refractivity contribution in [3.8, 4) is 5.75 Å². The SMILES string of the molecule is CC(C)CCOc1cc(N)ccc1Br. The van der Waals surface area contributed by atoms with Crippen LogP contribution in [0.3, 0.4) is 0 Å². The third-order valence-electron chi connectivity index (χ3n) is 1.91. The highest BCUT2D eigenvalue weighted by Crippen LogP contribution is 2.27. The molecule has 0 aliphatic heterocycles. The molecule has 0 aliphatic rings. The van der Waals surface area contributed by atoms with E-state index in [9.17, 15) is 0 Å². The molecule has 78 valence electrons. The van der Waals surface area contributed by atoms with Gasteiger partial charge in [0, 0.05) is 11.8 Å². The first-order valence-electron chi connectivity index (χ1n) is 4.77. The molecule has 0 fully saturated rings. The van der Waals surface area contributed by atoms with Gasteiger partial charge in [0.2, 0.25) is 0 Å². The van der Waals surface area contributed by atoms with Gasteiger partial charge in [-0.25, -0.2) is 0 Å². The average molecular weight is 258 g/mol. The van der Waals surface area contributed by atoms with Gasteiger partial charge in [-0.2, -0.15) is 0 Å². The zero-order valence-electron chi connectivity index (χ0n) is 8.59. The lowest BCUT2D eigenvalue weighted by molar-refractivity contribution is 0.288. The Balaban J connectivity index is 2.53. The van der Waals surface area contributed by atoms with E-state index in [1.165, 1.54) is 0 Å². The molecular weight excluding hydrogens is 242 g/mol. The van der Waals surface area contributed by atoms with Gasteiger partial charge in [-0.05, 0) is 40.4 Å². The van der Waals surface area contributed by atoms with Gasteiger partial charge >= 0.3 is 0 Å². The molecule has 0 saturated carbocycles. The monoisotopic (exact) mass is 257 g/mol. The maximum absolute atomic E-state index is 5.66. The minimum Gasteiger partial charge on any atom is -0.492 e. The number of nitrogens with two attached hydrogens (primary N) is 1. The Bertz CT molecular complexity index is 299. The van der Waals surface area contributed by atoms with Crippen molar-refractivity contribution >= 4 is 21.6 Å². The topological polar surface area (TPSA) is 35.2 Å². The quantitative estimate of drug-likeness (QED) is 0.839. The molecule has 2 N–H and O–H groups in total. The molecule has 1 aromatic carbocycles. The summed E-state index contributed by atoms with van der Waals surface area (Å²) in [5.74, 6) is 1.49. The largest absolute Gasteiger partial charge is 0.492 e. The molecular formula is C11H16BrNO. The van der Waals surface area contributed by atoms with Crippen LogP contribution in [-0.2, 0) is 0 Å². The maximum Gasteiger partial charge on any atom is 0.135 e. The van der Waals surface area contributed by atoms with Gasteiger partial charge in [0.15, 0.2) is 0 Å². The molecule has 14 heavy (non-hydrogen) atoms. The summed E-state index contributed by atoms with van der Waals surface area (Å²) in [6, 6.07) is 5.59. The molecule has 3 heteroatoms. The molecule has 0 unspecified atom stereocenters. The number of anilines is 1. The van der Waals surface area contributed by atoms with Crippen molar-refractivity contribution in [1.29, 1.82) is 0 Å². The van der Waals surface area contributed by atoms with E-state index in [4.69, 9.17) is 10.5 Å². The lowest BCUT2D eigenvalue weighted by Gasteiger charge is -2.10. The third kappa shape index (κ3) is 3.58. The lowest BCUT2D eigenvalue weighted by Crippen LogP contribution is -2.02. The van der Waals surface area contributed by atoms with Crippen molar-refractivity contribution in [3.05, 3.63) is 22.7 Å². The molecule has 0 atom stereocenters. The third-order valence-corrected chi connectivity index (χ3v) is 2.56. The maximum atomic E-state index is 5.66. The van der Waals surface area contributed by atoms with Crippen molar-refractivity contribution in [1.82, 2.24) is 0 Å². The first kappa shape index (κ1) is 11.4. The zero-order valence-corrected chi connectivity index (χ0v) is 10.2. The van der Waals surface area contributed by atoms with Crippen LogP contribution in [-0.4, -0.2) is 6.61 Å². The molecule has 0 saturated heterocycles. The van der Waals surface area contributed by atoms with Gasteiger partial charge in [0.05, 0.1) is 11.1 Å². The van der Waals surface area contributed by atoms with E-state index in [-0.39, 0.29) is 0 Å². The van der Waals surface area contributed by atoms with Crippen LogP contribution < -0.4 is 10.5 Å². The Hall–Kier alpha value is -0.700. The van der Waals surface area contributed by atoms with Gasteiger partial charge in [-0.15, -0.1) is 0 Å². The summed E-state index contributed by atoms with van der Waals surface area (Å²) in [5, 5.41) is 0. The van der Waals surface area contributed by atoms with E-state index in [0.717, 1.165) is 28.9 Å². The highest BCUT2D eigenvalue weighted by atomic mass is 79.9. The van der Waals surface area contributed by atoms with E-state index in [0.29, 0.717) is 5.92 Å². The van der Waals surface area contributed by atoms with E-state index < -0.39 is 0 Å². The summed E-state index contributed by atoms with van der Waals surface area (Å²) < 4.78 is 6.56. The summed E-state index contributed by atoms with van der Waals surface area (Å²) in [4.78, 5) is 0. The van der Waals surface area contributed by atoms with Gasteiger partial charge in [-0.1, -0.05) is 13.8 Å². The van der Waals surface area contributed by atoms with E-state index in [2.05, 4.69) is 29.8 Å². The first-order chi connectivity index (χ1) is 6.59. The number of benzene rings is 1. The van der Waals surface area contributed by atoms with Crippen LogP contribution in [0.2, 0.25) is 0 Å². The second-order valence-electron chi connectivity index (χ2n) is 3.72. The summed E-state index contributed by atoms with van der Waals surface area (Å²) in [7, 11) is 0. The minimum atomic E-state index is 0.662. The van der Waals surface area contributed by atoms with Gasteiger partial charge < -0.3 is 10.5 Å². The molecule has 1 aromatic rings. The predicted octanol–water partition coefficient (Wildman–Crippen LogP) is 3.46. The minimum absolute atomic E-state index is 0.662. The number of hydrogen-bond donors (Lipinski definition) is 1. The smallest absolute Gasteiger partial charge is 0.135 e. The second-order valence-corrected chi connectivity index (χ2v) is 4.58. The Morgan fingerprint density at radius 2 is 2.14 bits per heavy atom. The van der Waals surface area contributed by atoms with Crippen molar-refractivity contribution < 1.29 is 4.74 Å². The number of hydrogen-bond acceptors (Lipinski definition) is 2. The fraction of sp³-hybridized carbons (Fsp3) is 0.455. The summed E-state index contributed by atoms with van der Waals surface area (Å²) in [6.07, 6.45) is 1.06. The van der Waals surface area contributed by atoms with Gasteiger partial charge in [0.1, 0.15) is 5.75 Å². The molecule has 0 spiro atoms. The standard InChI is InChI=1S/C11H16BrNO/c1-8(2)5-6-14-11-7-9(13)3-4-10(11)12/h3-4,7-8H,5-6,13H2,1-2H3. The Labute approximate surface area is 93.6 Å². The lowest BCUT2D eigenvalue weighted by atomic mass is 10.1. The molecule has 0 bridgehead atoms. The summed E-state index contributed by atoms with van der Waals surface area (Å²) in [5.41, 5.74) is 6.39. The number of halogens is 1.